The third kappa shape index (κ3) is 2.38. The summed E-state index contributed by atoms with van der Waals surface area (Å²) in [5, 5.41) is 8.31. The molecule has 0 amide bonds. The van der Waals surface area contributed by atoms with Crippen LogP contribution in [0.5, 0.6) is 0 Å². The molecule has 1 saturated heterocycles. The molecule has 0 bridgehead atoms. The smallest absolute Gasteiger partial charge is 0.249 e. The lowest BCUT2D eigenvalue weighted by atomic mass is 10.2. The standard InChI is InChI=1S/C15H17N5O2/c1-10-6-19(2)8-13(21-10)15-18-17-14(22-15)11-3-4-12-5-16-9-20(12)7-11/h3-5,7,9-10,13H,6,8H2,1-2H3/t10-,13-/m1/s1. The quantitative estimate of drug-likeness (QED) is 0.718. The molecule has 22 heavy (non-hydrogen) atoms. The van der Waals surface area contributed by atoms with Crippen LogP contribution < -0.4 is 0 Å². The van der Waals surface area contributed by atoms with E-state index in [2.05, 4.69) is 27.1 Å². The van der Waals surface area contributed by atoms with Gasteiger partial charge < -0.3 is 18.5 Å². The molecule has 0 spiro atoms. The Morgan fingerprint density at radius 1 is 1.23 bits per heavy atom. The van der Waals surface area contributed by atoms with Crippen LogP contribution in [-0.4, -0.2) is 50.7 Å². The average Bonchev–Trinajstić information content (AvgIpc) is 3.14. The lowest BCUT2D eigenvalue weighted by Crippen LogP contribution is -2.40. The predicted molar refractivity (Wildman–Crippen MR) is 79.3 cm³/mol. The molecule has 1 fully saturated rings. The summed E-state index contributed by atoms with van der Waals surface area (Å²) in [5.41, 5.74) is 1.89. The molecule has 7 heteroatoms. The minimum absolute atomic E-state index is 0.154. The van der Waals surface area contributed by atoms with Gasteiger partial charge in [-0.05, 0) is 26.1 Å². The number of rotatable bonds is 2. The van der Waals surface area contributed by atoms with Gasteiger partial charge in [-0.1, -0.05) is 0 Å². The number of fused-ring (bicyclic) bond motifs is 1. The molecule has 4 heterocycles. The third-order valence-corrected chi connectivity index (χ3v) is 3.81. The van der Waals surface area contributed by atoms with Crippen molar-refractivity contribution in [2.45, 2.75) is 19.1 Å². The number of morpholine rings is 1. The maximum Gasteiger partial charge on any atom is 0.249 e. The van der Waals surface area contributed by atoms with Crippen molar-refractivity contribution in [1.29, 1.82) is 0 Å². The highest BCUT2D eigenvalue weighted by Crippen LogP contribution is 2.26. The average molecular weight is 299 g/mol. The second-order valence-electron chi connectivity index (χ2n) is 5.75. The van der Waals surface area contributed by atoms with Crippen molar-refractivity contribution in [1.82, 2.24) is 24.5 Å². The van der Waals surface area contributed by atoms with Gasteiger partial charge in [0, 0.05) is 19.3 Å². The van der Waals surface area contributed by atoms with Crippen LogP contribution in [0.15, 0.2) is 35.3 Å². The van der Waals surface area contributed by atoms with Crippen LogP contribution in [0.4, 0.5) is 0 Å². The van der Waals surface area contributed by atoms with Crippen LogP contribution in [0.2, 0.25) is 0 Å². The van der Waals surface area contributed by atoms with Gasteiger partial charge >= 0.3 is 0 Å². The topological polar surface area (TPSA) is 68.7 Å². The normalized spacial score (nSPS) is 23.2. The number of hydrogen-bond acceptors (Lipinski definition) is 6. The minimum atomic E-state index is -0.174. The number of nitrogens with zero attached hydrogens (tertiary/aromatic N) is 5. The van der Waals surface area contributed by atoms with Crippen molar-refractivity contribution in [3.8, 4) is 11.5 Å². The van der Waals surface area contributed by atoms with Gasteiger partial charge in [-0.2, -0.15) is 0 Å². The number of imidazole rings is 1. The van der Waals surface area contributed by atoms with Crippen molar-refractivity contribution >= 4 is 5.52 Å². The fourth-order valence-electron chi connectivity index (χ4n) is 2.83. The van der Waals surface area contributed by atoms with Crippen molar-refractivity contribution in [2.24, 2.45) is 0 Å². The van der Waals surface area contributed by atoms with Crippen molar-refractivity contribution in [3.63, 3.8) is 0 Å². The number of pyridine rings is 1. The van der Waals surface area contributed by atoms with Crippen LogP contribution in [0.3, 0.4) is 0 Å². The van der Waals surface area contributed by atoms with Crippen LogP contribution in [-0.2, 0) is 4.74 Å². The first-order valence-corrected chi connectivity index (χ1v) is 7.28. The van der Waals surface area contributed by atoms with Crippen molar-refractivity contribution in [2.75, 3.05) is 20.1 Å². The Morgan fingerprint density at radius 2 is 2.14 bits per heavy atom. The van der Waals surface area contributed by atoms with Gasteiger partial charge in [-0.25, -0.2) is 4.98 Å². The Kier molecular flexibility index (Phi) is 3.16. The molecule has 1 aliphatic heterocycles. The highest BCUT2D eigenvalue weighted by Gasteiger charge is 2.28. The molecule has 7 nitrogen and oxygen atoms in total. The van der Waals surface area contributed by atoms with Gasteiger partial charge in [0.2, 0.25) is 11.8 Å². The second kappa shape index (κ2) is 5.19. The van der Waals surface area contributed by atoms with Gasteiger partial charge in [0.1, 0.15) is 6.10 Å². The molecule has 0 radical (unpaired) electrons. The summed E-state index contributed by atoms with van der Waals surface area (Å²) < 4.78 is 13.6. The monoisotopic (exact) mass is 299 g/mol. The molecule has 0 aromatic carbocycles. The number of hydrogen-bond donors (Lipinski definition) is 0. The summed E-state index contributed by atoms with van der Waals surface area (Å²) in [6.07, 6.45) is 5.46. The zero-order valence-electron chi connectivity index (χ0n) is 12.5. The van der Waals surface area contributed by atoms with Crippen LogP contribution >= 0.6 is 0 Å². The zero-order valence-corrected chi connectivity index (χ0v) is 12.5. The minimum Gasteiger partial charge on any atom is -0.418 e. The summed E-state index contributed by atoms with van der Waals surface area (Å²) in [6, 6.07) is 3.92. The second-order valence-corrected chi connectivity index (χ2v) is 5.75. The summed E-state index contributed by atoms with van der Waals surface area (Å²) in [4.78, 5) is 6.31. The van der Waals surface area contributed by atoms with E-state index >= 15 is 0 Å². The molecule has 4 rings (SSSR count). The van der Waals surface area contributed by atoms with E-state index in [4.69, 9.17) is 9.15 Å². The first kappa shape index (κ1) is 13.4. The molecule has 0 saturated carbocycles. The summed E-state index contributed by atoms with van der Waals surface area (Å²) in [6.45, 7) is 3.72. The SMILES string of the molecule is C[C@@H]1CN(C)C[C@H](c2nnc(-c3ccc4cncn4c3)o2)O1. The summed E-state index contributed by atoms with van der Waals surface area (Å²) in [5.74, 6) is 1.02. The molecule has 114 valence electrons. The lowest BCUT2D eigenvalue weighted by Gasteiger charge is -2.32. The highest BCUT2D eigenvalue weighted by atomic mass is 16.5. The molecule has 3 aromatic rings. The van der Waals surface area contributed by atoms with Crippen molar-refractivity contribution in [3.05, 3.63) is 36.7 Å². The van der Waals surface area contributed by atoms with E-state index in [9.17, 15) is 0 Å². The predicted octanol–water partition coefficient (Wildman–Crippen LogP) is 1.78. The largest absolute Gasteiger partial charge is 0.418 e. The zero-order chi connectivity index (χ0) is 15.1. The fourth-order valence-corrected chi connectivity index (χ4v) is 2.83. The molecular weight excluding hydrogens is 282 g/mol. The molecular formula is C15H17N5O2. The Balaban J connectivity index is 1.63. The molecule has 0 aliphatic carbocycles. The maximum absolute atomic E-state index is 5.90. The van der Waals surface area contributed by atoms with E-state index < -0.39 is 0 Å². The lowest BCUT2D eigenvalue weighted by molar-refractivity contribution is -0.0821. The van der Waals surface area contributed by atoms with Gasteiger partial charge in [-0.15, -0.1) is 10.2 Å². The van der Waals surface area contributed by atoms with E-state index in [1.54, 1.807) is 12.5 Å². The van der Waals surface area contributed by atoms with E-state index in [0.717, 1.165) is 24.2 Å². The van der Waals surface area contributed by atoms with Gasteiger partial charge in [0.15, 0.2) is 0 Å². The van der Waals surface area contributed by atoms with Crippen LogP contribution in [0, 0.1) is 0 Å². The van der Waals surface area contributed by atoms with Gasteiger partial charge in [0.25, 0.3) is 0 Å². The molecule has 0 unspecified atom stereocenters. The number of ether oxygens (including phenoxy) is 1. The van der Waals surface area contributed by atoms with E-state index in [1.807, 2.05) is 29.7 Å². The first-order valence-electron chi connectivity index (χ1n) is 7.28. The van der Waals surface area contributed by atoms with E-state index in [0.29, 0.717) is 11.8 Å². The van der Waals surface area contributed by atoms with Crippen molar-refractivity contribution < 1.29 is 9.15 Å². The molecule has 1 aliphatic rings. The third-order valence-electron chi connectivity index (χ3n) is 3.81. The Morgan fingerprint density at radius 3 is 3.00 bits per heavy atom. The highest BCUT2D eigenvalue weighted by molar-refractivity contribution is 5.57. The maximum atomic E-state index is 5.90. The van der Waals surface area contributed by atoms with E-state index in [1.165, 1.54) is 0 Å². The molecule has 3 aromatic heterocycles. The molecule has 2 atom stereocenters. The Hall–Kier alpha value is -2.25. The van der Waals surface area contributed by atoms with Gasteiger partial charge in [-0.3, -0.25) is 0 Å². The first-order chi connectivity index (χ1) is 10.7. The number of likely N-dealkylation sites (N-methyl/N-ethyl adjacent to an activating group) is 1. The van der Waals surface area contributed by atoms with Crippen LogP contribution in [0.25, 0.3) is 17.0 Å². The molecule has 0 N–H and O–H groups in total. The summed E-state index contributed by atoms with van der Waals surface area (Å²) in [7, 11) is 2.07. The summed E-state index contributed by atoms with van der Waals surface area (Å²) >= 11 is 0. The Bertz CT molecular complexity index is 786. The van der Waals surface area contributed by atoms with E-state index in [-0.39, 0.29) is 12.2 Å². The fraction of sp³-hybridized carbons (Fsp3) is 0.400. The Labute approximate surface area is 127 Å². The van der Waals surface area contributed by atoms with Gasteiger partial charge in [0.05, 0.1) is 29.7 Å². The van der Waals surface area contributed by atoms with Crippen LogP contribution in [0.1, 0.15) is 18.9 Å². The number of aromatic nitrogens is 4.